The lowest BCUT2D eigenvalue weighted by Gasteiger charge is -2.16. The Bertz CT molecular complexity index is 616. The second kappa shape index (κ2) is 7.83. The fourth-order valence-corrected chi connectivity index (χ4v) is 2.53. The molecule has 0 spiro atoms. The Morgan fingerprint density at radius 3 is 2.82 bits per heavy atom. The molecule has 1 aromatic rings. The molecule has 22 heavy (non-hydrogen) atoms. The molecule has 0 aromatic heterocycles. The lowest BCUT2D eigenvalue weighted by Crippen LogP contribution is -2.25. The average molecular weight is 321 g/mol. The fourth-order valence-electron chi connectivity index (χ4n) is 2.35. The standard InChI is InChI=1S/C16H17ClN2O3/c17-14-3-4-15(22-8-7-19-5-1-2-6-19)12(10-14)9-13(11-18)16(20)21/h3-4,9-10H,1-2,5-8H2,(H,20,21). The highest BCUT2D eigenvalue weighted by atomic mass is 35.5. The summed E-state index contributed by atoms with van der Waals surface area (Å²) >= 11 is 5.94. The van der Waals surface area contributed by atoms with Crippen molar-refractivity contribution in [3.8, 4) is 11.8 Å². The fraction of sp³-hybridized carbons (Fsp3) is 0.375. The Morgan fingerprint density at radius 1 is 1.45 bits per heavy atom. The van der Waals surface area contributed by atoms with Gasteiger partial charge in [-0.15, -0.1) is 0 Å². The van der Waals surface area contributed by atoms with E-state index in [4.69, 9.17) is 26.7 Å². The number of carbonyl (C=O) groups is 1. The normalized spacial score (nSPS) is 15.5. The van der Waals surface area contributed by atoms with Crippen LogP contribution in [0.1, 0.15) is 18.4 Å². The summed E-state index contributed by atoms with van der Waals surface area (Å²) in [4.78, 5) is 13.3. The first kappa shape index (κ1) is 16.3. The summed E-state index contributed by atoms with van der Waals surface area (Å²) in [5.74, 6) is -0.747. The molecule has 0 radical (unpaired) electrons. The van der Waals surface area contributed by atoms with Gasteiger partial charge < -0.3 is 9.84 Å². The zero-order valence-electron chi connectivity index (χ0n) is 12.1. The minimum atomic E-state index is -1.27. The monoisotopic (exact) mass is 320 g/mol. The summed E-state index contributed by atoms with van der Waals surface area (Å²) in [5, 5.41) is 18.3. The van der Waals surface area contributed by atoms with Crippen LogP contribution < -0.4 is 4.74 Å². The largest absolute Gasteiger partial charge is 0.492 e. The van der Waals surface area contributed by atoms with Gasteiger partial charge in [0.25, 0.3) is 0 Å². The maximum atomic E-state index is 10.9. The van der Waals surface area contributed by atoms with Gasteiger partial charge >= 0.3 is 5.97 Å². The van der Waals surface area contributed by atoms with Gasteiger partial charge in [0, 0.05) is 17.1 Å². The highest BCUT2D eigenvalue weighted by Crippen LogP contribution is 2.25. The van der Waals surface area contributed by atoms with Crippen LogP contribution in [0.4, 0.5) is 0 Å². The van der Waals surface area contributed by atoms with Crippen molar-refractivity contribution in [3.05, 3.63) is 34.4 Å². The third kappa shape index (κ3) is 4.48. The molecule has 6 heteroatoms. The molecule has 0 atom stereocenters. The van der Waals surface area contributed by atoms with Crippen LogP contribution >= 0.6 is 11.6 Å². The van der Waals surface area contributed by atoms with E-state index in [1.807, 2.05) is 0 Å². The van der Waals surface area contributed by atoms with E-state index in [9.17, 15) is 4.79 Å². The van der Waals surface area contributed by atoms with Crippen LogP contribution in [0.2, 0.25) is 5.02 Å². The topological polar surface area (TPSA) is 73.6 Å². The Balaban J connectivity index is 2.10. The quantitative estimate of drug-likeness (QED) is 0.644. The van der Waals surface area contributed by atoms with Gasteiger partial charge in [-0.25, -0.2) is 4.79 Å². The van der Waals surface area contributed by atoms with Crippen LogP contribution in [0.3, 0.4) is 0 Å². The molecule has 1 fully saturated rings. The van der Waals surface area contributed by atoms with Gasteiger partial charge in [-0.3, -0.25) is 4.90 Å². The SMILES string of the molecule is N#CC(=Cc1cc(Cl)ccc1OCCN1CCCC1)C(=O)O. The van der Waals surface area contributed by atoms with Crippen LogP contribution in [-0.2, 0) is 4.79 Å². The molecule has 0 bridgehead atoms. The molecule has 1 N–H and O–H groups in total. The van der Waals surface area contributed by atoms with Crippen LogP contribution in [0.25, 0.3) is 6.08 Å². The van der Waals surface area contributed by atoms with Gasteiger partial charge in [0.1, 0.15) is 24.0 Å². The molecule has 1 heterocycles. The van der Waals surface area contributed by atoms with Crippen molar-refractivity contribution in [2.75, 3.05) is 26.2 Å². The number of carboxylic acids is 1. The van der Waals surface area contributed by atoms with Crippen LogP contribution in [-0.4, -0.2) is 42.2 Å². The summed E-state index contributed by atoms with van der Waals surface area (Å²) in [5.41, 5.74) is 0.138. The summed E-state index contributed by atoms with van der Waals surface area (Å²) in [6.45, 7) is 3.52. The van der Waals surface area contributed by atoms with E-state index >= 15 is 0 Å². The highest BCUT2D eigenvalue weighted by Gasteiger charge is 2.12. The number of halogens is 1. The third-order valence-electron chi connectivity index (χ3n) is 3.49. The number of hydrogen-bond acceptors (Lipinski definition) is 4. The van der Waals surface area contributed by atoms with E-state index < -0.39 is 5.97 Å². The van der Waals surface area contributed by atoms with Gasteiger partial charge in [0.05, 0.1) is 0 Å². The maximum absolute atomic E-state index is 10.9. The second-order valence-electron chi connectivity index (χ2n) is 5.05. The summed E-state index contributed by atoms with van der Waals surface area (Å²) in [6.07, 6.45) is 3.72. The van der Waals surface area contributed by atoms with Crippen LogP contribution in [0, 0.1) is 11.3 Å². The molecule has 0 unspecified atom stereocenters. The van der Waals surface area contributed by atoms with Crippen molar-refractivity contribution in [1.82, 2.24) is 4.90 Å². The molecule has 0 saturated carbocycles. The Morgan fingerprint density at radius 2 is 2.18 bits per heavy atom. The van der Waals surface area contributed by atoms with Gasteiger partial charge in [0.15, 0.2) is 0 Å². The minimum absolute atomic E-state index is 0.355. The number of rotatable bonds is 6. The number of ether oxygens (including phenoxy) is 1. The third-order valence-corrected chi connectivity index (χ3v) is 3.72. The molecule has 1 aromatic carbocycles. The number of aliphatic carboxylic acids is 1. The lowest BCUT2D eigenvalue weighted by atomic mass is 10.1. The summed E-state index contributed by atoms with van der Waals surface area (Å²) in [7, 11) is 0. The van der Waals surface area contributed by atoms with E-state index in [-0.39, 0.29) is 5.57 Å². The Kier molecular flexibility index (Phi) is 5.82. The average Bonchev–Trinajstić information content (AvgIpc) is 2.99. The molecule has 1 aliphatic heterocycles. The van der Waals surface area contributed by atoms with Crippen molar-refractivity contribution in [1.29, 1.82) is 5.26 Å². The van der Waals surface area contributed by atoms with Crippen molar-refractivity contribution in [2.24, 2.45) is 0 Å². The van der Waals surface area contributed by atoms with Crippen LogP contribution in [0.5, 0.6) is 5.75 Å². The van der Waals surface area contributed by atoms with E-state index in [2.05, 4.69) is 4.90 Å². The molecular formula is C16H17ClN2O3. The van der Waals surface area contributed by atoms with Gasteiger partial charge in [-0.05, 0) is 50.2 Å². The lowest BCUT2D eigenvalue weighted by molar-refractivity contribution is -0.132. The van der Waals surface area contributed by atoms with Crippen LogP contribution in [0.15, 0.2) is 23.8 Å². The minimum Gasteiger partial charge on any atom is -0.492 e. The second-order valence-corrected chi connectivity index (χ2v) is 5.49. The van der Waals surface area contributed by atoms with Crippen molar-refractivity contribution in [2.45, 2.75) is 12.8 Å². The van der Waals surface area contributed by atoms with Gasteiger partial charge in [0.2, 0.25) is 0 Å². The van der Waals surface area contributed by atoms with E-state index in [0.29, 0.717) is 22.9 Å². The molecular weight excluding hydrogens is 304 g/mol. The maximum Gasteiger partial charge on any atom is 0.346 e. The number of benzene rings is 1. The first-order chi connectivity index (χ1) is 10.6. The molecule has 1 aliphatic rings. The Labute approximate surface area is 134 Å². The number of nitriles is 1. The molecule has 2 rings (SSSR count). The van der Waals surface area contributed by atoms with Crippen molar-refractivity contribution >= 4 is 23.6 Å². The first-order valence-corrected chi connectivity index (χ1v) is 7.48. The first-order valence-electron chi connectivity index (χ1n) is 7.10. The number of hydrogen-bond donors (Lipinski definition) is 1. The van der Waals surface area contributed by atoms with Gasteiger partial charge in [-0.2, -0.15) is 5.26 Å². The Hall–Kier alpha value is -2.03. The van der Waals surface area contributed by atoms with Crippen molar-refractivity contribution < 1.29 is 14.6 Å². The zero-order chi connectivity index (χ0) is 15.9. The van der Waals surface area contributed by atoms with E-state index in [1.165, 1.54) is 18.9 Å². The molecule has 1 saturated heterocycles. The van der Waals surface area contributed by atoms with E-state index in [0.717, 1.165) is 19.6 Å². The van der Waals surface area contributed by atoms with Crippen molar-refractivity contribution in [3.63, 3.8) is 0 Å². The number of carboxylic acid groups (broad SMARTS) is 1. The molecule has 0 amide bonds. The number of likely N-dealkylation sites (tertiary alicyclic amines) is 1. The predicted octanol–water partition coefficient (Wildman–Crippen LogP) is 2.81. The molecule has 116 valence electrons. The van der Waals surface area contributed by atoms with E-state index in [1.54, 1.807) is 24.3 Å². The predicted molar refractivity (Wildman–Crippen MR) is 83.8 cm³/mol. The summed E-state index contributed by atoms with van der Waals surface area (Å²) in [6, 6.07) is 6.61. The molecule has 0 aliphatic carbocycles. The molecule has 5 nitrogen and oxygen atoms in total. The highest BCUT2D eigenvalue weighted by molar-refractivity contribution is 6.30. The number of nitrogens with zero attached hydrogens (tertiary/aromatic N) is 2. The summed E-state index contributed by atoms with van der Waals surface area (Å²) < 4.78 is 5.73. The van der Waals surface area contributed by atoms with Gasteiger partial charge in [-0.1, -0.05) is 11.6 Å². The smallest absolute Gasteiger partial charge is 0.346 e. The zero-order valence-corrected chi connectivity index (χ0v) is 12.8.